The van der Waals surface area contributed by atoms with Crippen molar-refractivity contribution in [1.82, 2.24) is 4.57 Å². The zero-order chi connectivity index (χ0) is 21.0. The Morgan fingerprint density at radius 2 is 1.72 bits per heavy atom. The van der Waals surface area contributed by atoms with Crippen LogP contribution in [0, 0.1) is 24.8 Å². The summed E-state index contributed by atoms with van der Waals surface area (Å²) < 4.78 is 2.33. The lowest BCUT2D eigenvalue weighted by Gasteiger charge is -2.11. The molecular weight excluding hydrogens is 364 g/mol. The largest absolute Gasteiger partial charge is 0.483 e. The number of carboxylic acid groups (broad SMARTS) is 1. The zero-order valence-electron chi connectivity index (χ0n) is 16.3. The molecule has 6 nitrogen and oxygen atoms in total. The fourth-order valence-electron chi connectivity index (χ4n) is 3.63. The van der Waals surface area contributed by atoms with Gasteiger partial charge in [-0.15, -0.1) is 5.11 Å². The van der Waals surface area contributed by atoms with Gasteiger partial charge in [0.05, 0.1) is 0 Å². The molecule has 0 spiro atoms. The van der Waals surface area contributed by atoms with Gasteiger partial charge in [-0.1, -0.05) is 42.0 Å². The van der Waals surface area contributed by atoms with Gasteiger partial charge in [-0.2, -0.15) is 0 Å². The van der Waals surface area contributed by atoms with Gasteiger partial charge in [0.15, 0.2) is 5.84 Å². The maximum Gasteiger partial charge on any atom is 0.290 e. The molecule has 0 amide bonds. The lowest BCUT2D eigenvalue weighted by atomic mass is 10.1. The smallest absolute Gasteiger partial charge is 0.290 e. The van der Waals surface area contributed by atoms with Crippen molar-refractivity contribution in [1.29, 1.82) is 10.9 Å². The number of aromatic nitrogens is 1. The first-order valence-electron chi connectivity index (χ1n) is 9.11. The fourth-order valence-corrected chi connectivity index (χ4v) is 3.63. The molecule has 0 saturated carbocycles. The van der Waals surface area contributed by atoms with Crippen molar-refractivity contribution in [3.05, 3.63) is 82.9 Å². The topological polar surface area (TPSA) is 102 Å². The van der Waals surface area contributed by atoms with Crippen LogP contribution in [0.1, 0.15) is 22.3 Å². The molecule has 4 aromatic rings. The van der Waals surface area contributed by atoms with Crippen LogP contribution < -0.4 is 0 Å². The number of benzene rings is 3. The van der Waals surface area contributed by atoms with Crippen molar-refractivity contribution in [3.8, 4) is 0 Å². The molecule has 146 valence electrons. The third-order valence-electron chi connectivity index (χ3n) is 4.98. The Balaban J connectivity index is 0.000000755. The highest BCUT2D eigenvalue weighted by Gasteiger charge is 2.13. The molecule has 0 atom stereocenters. The predicted molar refractivity (Wildman–Crippen MR) is 115 cm³/mol. The third kappa shape index (κ3) is 3.91. The van der Waals surface area contributed by atoms with Gasteiger partial charge >= 0.3 is 0 Å². The lowest BCUT2D eigenvalue weighted by Crippen LogP contribution is -2.02. The molecule has 0 fully saturated rings. The Morgan fingerprint density at radius 1 is 1.03 bits per heavy atom. The first-order valence-corrected chi connectivity index (χ1v) is 9.11. The quantitative estimate of drug-likeness (QED) is 0.187. The number of hydrogen-bond donors (Lipinski definition) is 3. The van der Waals surface area contributed by atoms with Gasteiger partial charge < -0.3 is 9.67 Å². The van der Waals surface area contributed by atoms with E-state index in [9.17, 15) is 0 Å². The van der Waals surface area contributed by atoms with E-state index in [2.05, 4.69) is 59.9 Å². The van der Waals surface area contributed by atoms with E-state index in [1.807, 2.05) is 24.3 Å². The van der Waals surface area contributed by atoms with Crippen LogP contribution in [0.2, 0.25) is 0 Å². The van der Waals surface area contributed by atoms with Crippen LogP contribution in [0.25, 0.3) is 21.8 Å². The van der Waals surface area contributed by atoms with Crippen molar-refractivity contribution >= 4 is 34.1 Å². The first kappa shape index (κ1) is 19.9. The molecule has 0 saturated heterocycles. The molecule has 0 aliphatic carbocycles. The van der Waals surface area contributed by atoms with Crippen LogP contribution in [0.15, 0.2) is 65.8 Å². The SMILES string of the molecule is Cc1ccc(Cn2c3ccccc3c3cc(C(=N)N=N)ccc32)c(C)c1.O=CO. The molecule has 0 aliphatic rings. The van der Waals surface area contributed by atoms with E-state index in [4.69, 9.17) is 20.8 Å². The normalized spacial score (nSPS) is 10.4. The van der Waals surface area contributed by atoms with E-state index in [0.29, 0.717) is 5.56 Å². The number of amidine groups is 1. The van der Waals surface area contributed by atoms with E-state index in [0.717, 1.165) is 22.8 Å². The number of nitrogens with zero attached hydrogens (tertiary/aromatic N) is 2. The molecule has 1 heterocycles. The highest BCUT2D eigenvalue weighted by molar-refractivity contribution is 6.11. The Morgan fingerprint density at radius 3 is 2.41 bits per heavy atom. The van der Waals surface area contributed by atoms with Crippen LogP contribution in [-0.4, -0.2) is 22.0 Å². The van der Waals surface area contributed by atoms with E-state index in [1.165, 1.54) is 22.2 Å². The Labute approximate surface area is 168 Å². The van der Waals surface area contributed by atoms with Gasteiger partial charge in [-0.25, -0.2) is 5.53 Å². The molecule has 0 radical (unpaired) electrons. The summed E-state index contributed by atoms with van der Waals surface area (Å²) in [4.78, 5) is 8.36. The number of fused-ring (bicyclic) bond motifs is 3. The third-order valence-corrected chi connectivity index (χ3v) is 4.98. The molecule has 29 heavy (non-hydrogen) atoms. The number of nitrogens with one attached hydrogen (secondary N) is 2. The molecule has 0 unspecified atom stereocenters. The van der Waals surface area contributed by atoms with Crippen molar-refractivity contribution in [2.45, 2.75) is 20.4 Å². The number of para-hydroxylation sites is 1. The highest BCUT2D eigenvalue weighted by atomic mass is 16.3. The van der Waals surface area contributed by atoms with E-state index in [1.54, 1.807) is 0 Å². The second-order valence-corrected chi connectivity index (χ2v) is 6.83. The predicted octanol–water partition coefficient (Wildman–Crippen LogP) is 5.52. The second-order valence-electron chi connectivity index (χ2n) is 6.83. The van der Waals surface area contributed by atoms with Crippen molar-refractivity contribution in [2.75, 3.05) is 0 Å². The lowest BCUT2D eigenvalue weighted by molar-refractivity contribution is -0.122. The average Bonchev–Trinajstić information content (AvgIpc) is 3.03. The van der Waals surface area contributed by atoms with Crippen LogP contribution in [0.5, 0.6) is 0 Å². The summed E-state index contributed by atoms with van der Waals surface area (Å²) in [5, 5.41) is 20.2. The molecule has 6 heteroatoms. The fraction of sp³-hybridized carbons (Fsp3) is 0.130. The monoisotopic (exact) mass is 386 g/mol. The Hall–Kier alpha value is -3.80. The molecule has 3 N–H and O–H groups in total. The van der Waals surface area contributed by atoms with E-state index in [-0.39, 0.29) is 12.3 Å². The van der Waals surface area contributed by atoms with Gasteiger partial charge in [0.1, 0.15) is 0 Å². The van der Waals surface area contributed by atoms with Crippen LogP contribution in [-0.2, 0) is 11.3 Å². The first-order chi connectivity index (χ1) is 14.0. The maximum absolute atomic E-state index is 8.36. The summed E-state index contributed by atoms with van der Waals surface area (Å²) in [6.07, 6.45) is 0. The second kappa shape index (κ2) is 8.48. The van der Waals surface area contributed by atoms with Crippen LogP contribution in [0.4, 0.5) is 0 Å². The standard InChI is InChI=1S/C22H20N4.CH2O2/c1-14-7-8-17(15(2)11-14)13-26-20-6-4-3-5-18(20)19-12-16(22(23)25-24)9-10-21(19)26;2-1-3/h3-12,23-24H,13H2,1-2H3;1H,(H,2,3). The minimum Gasteiger partial charge on any atom is -0.483 e. The minimum atomic E-state index is -0.250. The minimum absolute atomic E-state index is 0.0156. The van der Waals surface area contributed by atoms with Crippen LogP contribution in [0.3, 0.4) is 0 Å². The zero-order valence-corrected chi connectivity index (χ0v) is 16.3. The van der Waals surface area contributed by atoms with Gasteiger partial charge in [-0.05, 0) is 49.2 Å². The van der Waals surface area contributed by atoms with Gasteiger partial charge in [0.25, 0.3) is 6.47 Å². The number of carbonyl (C=O) groups is 1. The number of rotatable bonds is 3. The van der Waals surface area contributed by atoms with Gasteiger partial charge in [0.2, 0.25) is 0 Å². The molecule has 1 aromatic heterocycles. The summed E-state index contributed by atoms with van der Waals surface area (Å²) in [5.74, 6) is -0.0156. The molecule has 4 rings (SSSR count). The van der Waals surface area contributed by atoms with E-state index >= 15 is 0 Å². The maximum atomic E-state index is 8.36. The molecule has 3 aromatic carbocycles. The average molecular weight is 386 g/mol. The highest BCUT2D eigenvalue weighted by Crippen LogP contribution is 2.31. The summed E-state index contributed by atoms with van der Waals surface area (Å²) in [7, 11) is 0. The van der Waals surface area contributed by atoms with Gasteiger partial charge in [0, 0.05) is 33.9 Å². The summed E-state index contributed by atoms with van der Waals surface area (Å²) in [5.41, 5.74) is 14.0. The number of hydrogen-bond acceptors (Lipinski definition) is 3. The molecule has 0 bridgehead atoms. The Kier molecular flexibility index (Phi) is 5.83. The summed E-state index contributed by atoms with van der Waals surface area (Å²) in [6.45, 7) is 4.83. The van der Waals surface area contributed by atoms with Crippen molar-refractivity contribution in [3.63, 3.8) is 0 Å². The molecule has 0 aliphatic heterocycles. The number of aryl methyl sites for hydroxylation is 2. The van der Waals surface area contributed by atoms with Crippen molar-refractivity contribution < 1.29 is 9.90 Å². The summed E-state index contributed by atoms with van der Waals surface area (Å²) in [6, 6.07) is 20.8. The Bertz CT molecular complexity index is 1220. The summed E-state index contributed by atoms with van der Waals surface area (Å²) >= 11 is 0. The van der Waals surface area contributed by atoms with E-state index < -0.39 is 0 Å². The molecular formula is C23H22N4O2. The van der Waals surface area contributed by atoms with Gasteiger partial charge in [-0.3, -0.25) is 10.2 Å². The van der Waals surface area contributed by atoms with Crippen LogP contribution >= 0.6 is 0 Å². The van der Waals surface area contributed by atoms with Crippen molar-refractivity contribution in [2.24, 2.45) is 5.11 Å².